The van der Waals surface area contributed by atoms with Crippen LogP contribution in [0.2, 0.25) is 5.02 Å². The van der Waals surface area contributed by atoms with E-state index in [0.717, 1.165) is 4.90 Å². The molecule has 10 heteroatoms. The van der Waals surface area contributed by atoms with Crippen LogP contribution in [0, 0.1) is 10.1 Å². The van der Waals surface area contributed by atoms with Crippen LogP contribution >= 0.6 is 11.6 Å². The van der Waals surface area contributed by atoms with E-state index in [1.54, 1.807) is 27.7 Å². The Labute approximate surface area is 179 Å². The quantitative estimate of drug-likeness (QED) is 0.288. The molecule has 1 aromatic carbocycles. The van der Waals surface area contributed by atoms with Crippen molar-refractivity contribution in [1.29, 1.82) is 0 Å². The van der Waals surface area contributed by atoms with Crippen LogP contribution in [-0.2, 0) is 19.1 Å². The molecule has 0 aliphatic carbocycles. The summed E-state index contributed by atoms with van der Waals surface area (Å²) in [7, 11) is 0. The molecule has 0 N–H and O–H groups in total. The van der Waals surface area contributed by atoms with Crippen LogP contribution in [-0.4, -0.2) is 58.5 Å². The van der Waals surface area contributed by atoms with E-state index in [2.05, 4.69) is 0 Å². The van der Waals surface area contributed by atoms with Crippen LogP contribution < -0.4 is 0 Å². The summed E-state index contributed by atoms with van der Waals surface area (Å²) in [5.74, 6) is -2.93. The molecule has 1 saturated heterocycles. The maximum absolute atomic E-state index is 13.2. The number of hydrogen-bond donors (Lipinski definition) is 0. The maximum atomic E-state index is 13.2. The molecule has 2 atom stereocenters. The number of hydrogen-bond acceptors (Lipinski definition) is 7. The van der Waals surface area contributed by atoms with E-state index in [9.17, 15) is 24.5 Å². The average molecular weight is 441 g/mol. The molecule has 0 saturated carbocycles. The monoisotopic (exact) mass is 440 g/mol. The lowest BCUT2D eigenvalue weighted by molar-refractivity contribution is -0.485. The lowest BCUT2D eigenvalue weighted by atomic mass is 9.76. The van der Waals surface area contributed by atoms with Crippen molar-refractivity contribution in [1.82, 2.24) is 4.90 Å². The number of carbonyl (C=O) groups is 3. The average Bonchev–Trinajstić information content (AvgIpc) is 2.97. The molecule has 2 rings (SSSR count). The highest BCUT2D eigenvalue weighted by Crippen LogP contribution is 2.42. The summed E-state index contributed by atoms with van der Waals surface area (Å²) >= 11 is 5.93. The minimum Gasteiger partial charge on any atom is -0.464 e. The van der Waals surface area contributed by atoms with Gasteiger partial charge in [-0.3, -0.25) is 19.8 Å². The summed E-state index contributed by atoms with van der Waals surface area (Å²) in [6, 6.07) is 5.99. The number of ketones is 1. The Morgan fingerprint density at radius 2 is 1.90 bits per heavy atom. The second-order valence-corrected chi connectivity index (χ2v) is 8.35. The molecule has 164 valence electrons. The summed E-state index contributed by atoms with van der Waals surface area (Å²) < 4.78 is 10.6. The molecule has 1 aliphatic heterocycles. The highest BCUT2D eigenvalue weighted by molar-refractivity contribution is 6.30. The molecule has 1 amide bonds. The predicted octanol–water partition coefficient (Wildman–Crippen LogP) is 3.21. The number of Topliss-reactive ketones (excluding diaryl/α,β-unsaturated/α-hetero) is 1. The molecule has 0 bridgehead atoms. The van der Waals surface area contributed by atoms with Gasteiger partial charge in [-0.2, -0.15) is 0 Å². The number of ether oxygens (including phenoxy) is 2. The molecular formula is C20H25ClN2O7. The van der Waals surface area contributed by atoms with Gasteiger partial charge in [-0.15, -0.1) is 0 Å². The molecule has 1 aliphatic rings. The Morgan fingerprint density at radius 3 is 2.40 bits per heavy atom. The zero-order valence-corrected chi connectivity index (χ0v) is 18.1. The summed E-state index contributed by atoms with van der Waals surface area (Å²) in [6.07, 6.45) is -1.07. The van der Waals surface area contributed by atoms with Crippen molar-refractivity contribution < 1.29 is 28.8 Å². The van der Waals surface area contributed by atoms with Gasteiger partial charge in [0.25, 0.3) is 0 Å². The van der Waals surface area contributed by atoms with Gasteiger partial charge in [-0.05, 0) is 45.4 Å². The highest BCUT2D eigenvalue weighted by Gasteiger charge is 2.64. The van der Waals surface area contributed by atoms with Crippen molar-refractivity contribution >= 4 is 29.4 Å². The fourth-order valence-electron chi connectivity index (χ4n) is 3.60. The molecule has 1 heterocycles. The number of likely N-dealkylation sites (tertiary alicyclic amines) is 1. The number of nitrogens with zero attached hydrogens (tertiary/aromatic N) is 2. The Balaban J connectivity index is 2.70. The number of halogens is 1. The van der Waals surface area contributed by atoms with Crippen molar-refractivity contribution in [3.05, 3.63) is 45.0 Å². The number of benzene rings is 1. The molecule has 0 spiro atoms. The van der Waals surface area contributed by atoms with Crippen LogP contribution in [0.3, 0.4) is 0 Å². The largest absolute Gasteiger partial charge is 0.464 e. The fraction of sp³-hybridized carbons (Fsp3) is 0.550. The first-order chi connectivity index (χ1) is 13.9. The second kappa shape index (κ2) is 8.99. The van der Waals surface area contributed by atoms with Crippen LogP contribution in [0.1, 0.15) is 45.6 Å². The van der Waals surface area contributed by atoms with E-state index in [-0.39, 0.29) is 19.6 Å². The zero-order valence-electron chi connectivity index (χ0n) is 17.3. The van der Waals surface area contributed by atoms with Crippen molar-refractivity contribution in [3.63, 3.8) is 0 Å². The van der Waals surface area contributed by atoms with Crippen LogP contribution in [0.25, 0.3) is 0 Å². The van der Waals surface area contributed by atoms with E-state index in [1.807, 2.05) is 0 Å². The highest BCUT2D eigenvalue weighted by atomic mass is 35.5. The van der Waals surface area contributed by atoms with Crippen molar-refractivity contribution in [2.45, 2.75) is 51.2 Å². The summed E-state index contributed by atoms with van der Waals surface area (Å²) in [4.78, 5) is 51.2. The first-order valence-electron chi connectivity index (χ1n) is 9.51. The second-order valence-electron chi connectivity index (χ2n) is 7.91. The Bertz CT molecular complexity index is 835. The third kappa shape index (κ3) is 4.72. The van der Waals surface area contributed by atoms with Gasteiger partial charge in [0.2, 0.25) is 12.1 Å². The van der Waals surface area contributed by atoms with Gasteiger partial charge < -0.3 is 9.47 Å². The SMILES string of the molecule is CCOC(=O)[C@]1([C@H](C[N+](=O)[O-])c2ccc(Cl)cc2)C(=O)CCN1C(=O)OC(C)(C)C. The first-order valence-corrected chi connectivity index (χ1v) is 9.89. The van der Waals surface area contributed by atoms with Gasteiger partial charge in [0.1, 0.15) is 5.60 Å². The van der Waals surface area contributed by atoms with Crippen molar-refractivity contribution in [2.24, 2.45) is 0 Å². The van der Waals surface area contributed by atoms with Gasteiger partial charge in [0, 0.05) is 22.9 Å². The Morgan fingerprint density at radius 1 is 1.30 bits per heavy atom. The molecule has 1 aromatic rings. The standard InChI is InChI=1S/C20H25ClN2O7/c1-5-29-17(25)20(15(12-23(27)28)13-6-8-14(21)9-7-13)16(24)10-11-22(20)18(26)30-19(2,3)4/h6-9,15H,5,10-12H2,1-4H3/t15-,20+/m1/s1. The van der Waals surface area contributed by atoms with Gasteiger partial charge in [-0.25, -0.2) is 9.59 Å². The normalized spacial score (nSPS) is 20.0. The molecular weight excluding hydrogens is 416 g/mol. The van der Waals surface area contributed by atoms with Gasteiger partial charge in [0.15, 0.2) is 5.78 Å². The van der Waals surface area contributed by atoms with Crippen LogP contribution in [0.5, 0.6) is 0 Å². The van der Waals surface area contributed by atoms with Gasteiger partial charge in [-0.1, -0.05) is 23.7 Å². The Kier molecular flexibility index (Phi) is 7.07. The molecule has 0 unspecified atom stereocenters. The van der Waals surface area contributed by atoms with E-state index in [4.69, 9.17) is 21.1 Å². The minimum atomic E-state index is -2.21. The molecule has 30 heavy (non-hydrogen) atoms. The van der Waals surface area contributed by atoms with E-state index in [1.165, 1.54) is 24.3 Å². The summed E-state index contributed by atoms with van der Waals surface area (Å²) in [5, 5.41) is 11.9. The smallest absolute Gasteiger partial charge is 0.411 e. The number of esters is 1. The third-order valence-electron chi connectivity index (χ3n) is 4.72. The molecule has 0 radical (unpaired) electrons. The summed E-state index contributed by atoms with van der Waals surface area (Å²) in [5.41, 5.74) is -2.80. The van der Waals surface area contributed by atoms with Crippen molar-refractivity contribution in [2.75, 3.05) is 19.7 Å². The fourth-order valence-corrected chi connectivity index (χ4v) is 3.72. The lowest BCUT2D eigenvalue weighted by Crippen LogP contribution is -2.63. The van der Waals surface area contributed by atoms with E-state index < -0.39 is 46.4 Å². The number of rotatable bonds is 6. The van der Waals surface area contributed by atoms with E-state index >= 15 is 0 Å². The number of carbonyl (C=O) groups excluding carboxylic acids is 3. The number of amides is 1. The van der Waals surface area contributed by atoms with Gasteiger partial charge >= 0.3 is 12.1 Å². The summed E-state index contributed by atoms with van der Waals surface area (Å²) in [6.45, 7) is 5.52. The number of nitro groups is 1. The third-order valence-corrected chi connectivity index (χ3v) is 4.97. The lowest BCUT2D eigenvalue weighted by Gasteiger charge is -2.39. The molecule has 0 aromatic heterocycles. The predicted molar refractivity (Wildman–Crippen MR) is 108 cm³/mol. The van der Waals surface area contributed by atoms with Crippen molar-refractivity contribution in [3.8, 4) is 0 Å². The molecule has 9 nitrogen and oxygen atoms in total. The minimum absolute atomic E-state index is 0.0676. The van der Waals surface area contributed by atoms with Gasteiger partial charge in [0.05, 0.1) is 12.5 Å². The maximum Gasteiger partial charge on any atom is 0.411 e. The zero-order chi connectivity index (χ0) is 22.7. The van der Waals surface area contributed by atoms with E-state index in [0.29, 0.717) is 10.6 Å². The Hall–Kier alpha value is -2.68. The first kappa shape index (κ1) is 23.6. The topological polar surface area (TPSA) is 116 Å². The van der Waals surface area contributed by atoms with Crippen LogP contribution in [0.4, 0.5) is 4.79 Å². The molecule has 1 fully saturated rings. The van der Waals surface area contributed by atoms with Crippen LogP contribution in [0.15, 0.2) is 24.3 Å².